The zero-order valence-electron chi connectivity index (χ0n) is 18.8. The molecule has 0 aromatic heterocycles. The van der Waals surface area contributed by atoms with Gasteiger partial charge in [-0.05, 0) is 34.4 Å². The van der Waals surface area contributed by atoms with Gasteiger partial charge in [-0.15, -0.1) is 0 Å². The van der Waals surface area contributed by atoms with Gasteiger partial charge in [0.1, 0.15) is 12.6 Å². The number of nitrogens with one attached hydrogen (secondary N) is 1. The fraction of sp³-hybridized carbons (Fsp3) is 0.222. The summed E-state index contributed by atoms with van der Waals surface area (Å²) in [5, 5.41) is 21.9. The van der Waals surface area contributed by atoms with Crippen LogP contribution in [0.1, 0.15) is 33.8 Å². The number of carbonyl (C=O) groups is 3. The van der Waals surface area contributed by atoms with Crippen LogP contribution < -0.4 is 5.32 Å². The van der Waals surface area contributed by atoms with E-state index in [0.29, 0.717) is 0 Å². The van der Waals surface area contributed by atoms with Crippen molar-refractivity contribution in [2.75, 3.05) is 18.5 Å². The number of nitrogens with zero attached hydrogens (tertiary/aromatic N) is 1. The molecule has 2 amide bonds. The van der Waals surface area contributed by atoms with E-state index in [1.807, 2.05) is 36.4 Å². The summed E-state index contributed by atoms with van der Waals surface area (Å²) in [7, 11) is 0. The maximum Gasteiger partial charge on any atom is 0.411 e. The summed E-state index contributed by atoms with van der Waals surface area (Å²) in [5.74, 6) is -1.87. The highest BCUT2D eigenvalue weighted by Gasteiger charge is 2.40. The lowest BCUT2D eigenvalue weighted by molar-refractivity contribution is -0.141. The van der Waals surface area contributed by atoms with Gasteiger partial charge in [-0.2, -0.15) is 0 Å². The highest BCUT2D eigenvalue weighted by Crippen LogP contribution is 2.44. The quantitative estimate of drug-likeness (QED) is 0.521. The Labute approximate surface area is 201 Å². The molecule has 1 saturated heterocycles. The molecule has 3 aromatic carbocycles. The second-order valence-electron chi connectivity index (χ2n) is 8.70. The minimum Gasteiger partial charge on any atom is -0.480 e. The second-order valence-corrected chi connectivity index (χ2v) is 8.70. The Bertz CT molecular complexity index is 1260. The van der Waals surface area contributed by atoms with E-state index in [9.17, 15) is 24.6 Å². The highest BCUT2D eigenvalue weighted by molar-refractivity contribution is 6.04. The molecule has 0 spiro atoms. The predicted octanol–water partition coefficient (Wildman–Crippen LogP) is 3.71. The molecule has 0 bridgehead atoms. The summed E-state index contributed by atoms with van der Waals surface area (Å²) >= 11 is 0. The van der Waals surface area contributed by atoms with Crippen molar-refractivity contribution in [2.24, 2.45) is 0 Å². The lowest BCUT2D eigenvalue weighted by Crippen LogP contribution is -2.41. The number of β-amino-alcohol motifs (C(OH)–C–C–N with tert-alkyl or cyclic N) is 1. The van der Waals surface area contributed by atoms with Crippen LogP contribution in [0.25, 0.3) is 11.1 Å². The molecule has 8 heteroatoms. The van der Waals surface area contributed by atoms with Crippen molar-refractivity contribution >= 4 is 23.7 Å². The largest absolute Gasteiger partial charge is 0.480 e. The molecule has 1 aliphatic heterocycles. The van der Waals surface area contributed by atoms with Gasteiger partial charge in [0.25, 0.3) is 5.91 Å². The van der Waals surface area contributed by atoms with E-state index < -0.39 is 30.1 Å². The minimum absolute atomic E-state index is 0.0386. The van der Waals surface area contributed by atoms with Gasteiger partial charge in [0.2, 0.25) is 0 Å². The lowest BCUT2D eigenvalue weighted by atomic mass is 9.98. The molecule has 0 saturated carbocycles. The van der Waals surface area contributed by atoms with Crippen LogP contribution in [0.5, 0.6) is 0 Å². The van der Waals surface area contributed by atoms with Crippen molar-refractivity contribution in [1.82, 2.24) is 4.90 Å². The molecule has 1 heterocycles. The minimum atomic E-state index is -1.18. The van der Waals surface area contributed by atoms with Gasteiger partial charge in [-0.3, -0.25) is 10.1 Å². The number of hydrogen-bond donors (Lipinski definition) is 3. The number of carbonyl (C=O) groups excluding carboxylic acids is 2. The number of benzene rings is 3. The van der Waals surface area contributed by atoms with Gasteiger partial charge in [0.05, 0.1) is 17.4 Å². The fourth-order valence-corrected chi connectivity index (χ4v) is 4.95. The van der Waals surface area contributed by atoms with Crippen LogP contribution in [0.3, 0.4) is 0 Å². The average molecular weight is 472 g/mol. The molecule has 178 valence electrons. The van der Waals surface area contributed by atoms with Gasteiger partial charge >= 0.3 is 12.1 Å². The standard InChI is InChI=1S/C27H24N2O6/c30-16-13-24(26(32)33)29(14-16)25(31)21-11-5-6-12-23(21)28-27(34)35-15-22-19-9-3-1-7-17(19)18-8-2-4-10-20(18)22/h1-12,16,22,24,30H,13-15H2,(H,28,34)(H,32,33)/t16-,24-/m0/s1. The number of aliphatic hydroxyl groups excluding tert-OH is 1. The van der Waals surface area contributed by atoms with Gasteiger partial charge in [0, 0.05) is 18.9 Å². The van der Waals surface area contributed by atoms with Crippen LogP contribution in [0, 0.1) is 0 Å². The molecular weight excluding hydrogens is 448 g/mol. The van der Waals surface area contributed by atoms with Gasteiger partial charge < -0.3 is 19.8 Å². The van der Waals surface area contributed by atoms with E-state index in [1.54, 1.807) is 18.2 Å². The average Bonchev–Trinajstić information content (AvgIpc) is 3.41. The Kier molecular flexibility index (Phi) is 5.96. The monoisotopic (exact) mass is 472 g/mol. The third kappa shape index (κ3) is 4.24. The third-order valence-corrected chi connectivity index (χ3v) is 6.56. The van der Waals surface area contributed by atoms with Gasteiger partial charge in [-0.25, -0.2) is 9.59 Å². The second kappa shape index (κ2) is 9.23. The first-order chi connectivity index (χ1) is 16.9. The van der Waals surface area contributed by atoms with Crippen LogP contribution in [0.4, 0.5) is 10.5 Å². The Balaban J connectivity index is 1.31. The molecular formula is C27H24N2O6. The smallest absolute Gasteiger partial charge is 0.411 e. The lowest BCUT2D eigenvalue weighted by Gasteiger charge is -2.22. The highest BCUT2D eigenvalue weighted by atomic mass is 16.5. The molecule has 0 unspecified atom stereocenters. The van der Waals surface area contributed by atoms with Crippen molar-refractivity contribution in [2.45, 2.75) is 24.5 Å². The molecule has 3 aromatic rings. The summed E-state index contributed by atoms with van der Waals surface area (Å²) in [4.78, 5) is 38.5. The number of hydrogen-bond acceptors (Lipinski definition) is 5. The van der Waals surface area contributed by atoms with Crippen LogP contribution in [0.2, 0.25) is 0 Å². The van der Waals surface area contributed by atoms with Crippen LogP contribution in [-0.2, 0) is 9.53 Å². The zero-order chi connectivity index (χ0) is 24.5. The number of fused-ring (bicyclic) bond motifs is 3. The Hall–Kier alpha value is -4.17. The van der Waals surface area contributed by atoms with Crippen LogP contribution in [0.15, 0.2) is 72.8 Å². The third-order valence-electron chi connectivity index (χ3n) is 6.56. The number of carboxylic acids is 1. The predicted molar refractivity (Wildman–Crippen MR) is 128 cm³/mol. The topological polar surface area (TPSA) is 116 Å². The van der Waals surface area contributed by atoms with Crippen LogP contribution >= 0.6 is 0 Å². The number of amides is 2. The van der Waals surface area contributed by atoms with Crippen molar-refractivity contribution in [3.05, 3.63) is 89.5 Å². The summed E-state index contributed by atoms with van der Waals surface area (Å²) in [6.07, 6.45) is -1.67. The number of carboxylic acid groups (broad SMARTS) is 1. The fourth-order valence-electron chi connectivity index (χ4n) is 4.95. The molecule has 2 aliphatic rings. The van der Waals surface area contributed by atoms with E-state index in [0.717, 1.165) is 27.2 Å². The molecule has 8 nitrogen and oxygen atoms in total. The van der Waals surface area contributed by atoms with E-state index in [1.165, 1.54) is 6.07 Å². The molecule has 1 aliphatic carbocycles. The molecule has 1 fully saturated rings. The Morgan fingerprint density at radius 2 is 1.51 bits per heavy atom. The first kappa shape index (κ1) is 22.6. The van der Waals surface area contributed by atoms with Gasteiger partial charge in [-0.1, -0.05) is 60.7 Å². The van der Waals surface area contributed by atoms with Crippen LogP contribution in [-0.4, -0.2) is 58.4 Å². The SMILES string of the molecule is O=C(Nc1ccccc1C(=O)N1C[C@@H](O)C[C@H]1C(=O)O)OCC1c2ccccc2-c2ccccc21. The number of para-hydroxylation sites is 1. The maximum absolute atomic E-state index is 13.1. The summed E-state index contributed by atoms with van der Waals surface area (Å²) in [5.41, 5.74) is 4.75. The first-order valence-electron chi connectivity index (χ1n) is 11.4. The summed E-state index contributed by atoms with van der Waals surface area (Å²) in [6, 6.07) is 21.2. The van der Waals surface area contributed by atoms with E-state index in [4.69, 9.17) is 4.74 Å². The number of anilines is 1. The van der Waals surface area contributed by atoms with Crippen molar-refractivity contribution in [3.63, 3.8) is 0 Å². The molecule has 0 radical (unpaired) electrons. The van der Waals surface area contributed by atoms with E-state index in [-0.39, 0.29) is 36.7 Å². The number of ether oxygens (including phenoxy) is 1. The Morgan fingerprint density at radius 1 is 0.914 bits per heavy atom. The molecule has 2 atom stereocenters. The molecule has 5 rings (SSSR count). The van der Waals surface area contributed by atoms with Crippen molar-refractivity contribution < 1.29 is 29.3 Å². The maximum atomic E-state index is 13.1. The summed E-state index contributed by atoms with van der Waals surface area (Å²) in [6.45, 7) is 0.0322. The number of aliphatic hydroxyl groups is 1. The number of rotatable bonds is 5. The first-order valence-corrected chi connectivity index (χ1v) is 11.4. The van der Waals surface area contributed by atoms with E-state index >= 15 is 0 Å². The molecule has 35 heavy (non-hydrogen) atoms. The van der Waals surface area contributed by atoms with Gasteiger partial charge in [0.15, 0.2) is 0 Å². The zero-order valence-corrected chi connectivity index (χ0v) is 18.8. The van der Waals surface area contributed by atoms with Crippen molar-refractivity contribution in [1.29, 1.82) is 0 Å². The Morgan fingerprint density at radius 3 is 2.17 bits per heavy atom. The number of aliphatic carboxylic acids is 1. The van der Waals surface area contributed by atoms with E-state index in [2.05, 4.69) is 17.4 Å². The van der Waals surface area contributed by atoms with Crippen molar-refractivity contribution in [3.8, 4) is 11.1 Å². The molecule has 3 N–H and O–H groups in total. The number of likely N-dealkylation sites (tertiary alicyclic amines) is 1. The normalized spacial score (nSPS) is 18.6. The summed E-state index contributed by atoms with van der Waals surface area (Å²) < 4.78 is 5.57.